The summed E-state index contributed by atoms with van der Waals surface area (Å²) in [7, 11) is 0. The van der Waals surface area contributed by atoms with E-state index in [4.69, 9.17) is 11.6 Å². The summed E-state index contributed by atoms with van der Waals surface area (Å²) in [6.45, 7) is 4.59. The average molecular weight is 380 g/mol. The third-order valence-electron chi connectivity index (χ3n) is 8.10. The number of carbonyl (C=O) groups excluding carboxylic acids is 2. The van der Waals surface area contributed by atoms with Crippen LogP contribution in [0, 0.1) is 22.2 Å². The molecule has 2 aromatic rings. The van der Waals surface area contributed by atoms with E-state index in [0.29, 0.717) is 33.2 Å². The van der Waals surface area contributed by atoms with Gasteiger partial charge in [-0.3, -0.25) is 9.59 Å². The zero-order valence-electron chi connectivity index (χ0n) is 15.5. The fraction of sp³-hybridized carbons (Fsp3) is 0.391. The lowest BCUT2D eigenvalue weighted by atomic mass is 9.21. The van der Waals surface area contributed by atoms with Gasteiger partial charge in [-0.25, -0.2) is 0 Å². The topological polar surface area (TPSA) is 46.2 Å². The van der Waals surface area contributed by atoms with Gasteiger partial charge in [-0.2, -0.15) is 0 Å². The lowest BCUT2D eigenvalue weighted by Gasteiger charge is -2.81. The van der Waals surface area contributed by atoms with Crippen LogP contribution in [0.15, 0.2) is 48.5 Å². The first-order chi connectivity index (χ1) is 12.8. The van der Waals surface area contributed by atoms with Gasteiger partial charge >= 0.3 is 0 Å². The summed E-state index contributed by atoms with van der Waals surface area (Å²) in [4.78, 5) is 26.3. The van der Waals surface area contributed by atoms with E-state index in [0.717, 1.165) is 19.3 Å². The molecular formula is C23H22ClNO2. The van der Waals surface area contributed by atoms with Gasteiger partial charge in [-0.15, -0.1) is 0 Å². The van der Waals surface area contributed by atoms with E-state index in [-0.39, 0.29) is 22.5 Å². The van der Waals surface area contributed by atoms with Gasteiger partial charge in [0.25, 0.3) is 0 Å². The average Bonchev–Trinajstić information content (AvgIpc) is 3.06. The lowest BCUT2D eigenvalue weighted by Crippen LogP contribution is -2.81. The van der Waals surface area contributed by atoms with Crippen LogP contribution in [0.3, 0.4) is 0 Å². The molecule has 138 valence electrons. The molecule has 2 aromatic carbocycles. The van der Waals surface area contributed by atoms with E-state index in [1.807, 2.05) is 18.2 Å². The third-order valence-corrected chi connectivity index (χ3v) is 8.34. The molecule has 1 amide bonds. The normalized spacial score (nSPS) is 35.1. The molecule has 2 unspecified atom stereocenters. The Bertz CT molecular complexity index is 987. The molecule has 7 rings (SSSR count). The number of hydrogen-bond donors (Lipinski definition) is 1. The molecule has 5 saturated carbocycles. The molecule has 1 N–H and O–H groups in total. The maximum absolute atomic E-state index is 13.3. The molecule has 5 fully saturated rings. The van der Waals surface area contributed by atoms with Crippen molar-refractivity contribution >= 4 is 29.0 Å². The predicted molar refractivity (Wildman–Crippen MR) is 106 cm³/mol. The van der Waals surface area contributed by atoms with Crippen LogP contribution in [-0.4, -0.2) is 11.7 Å². The number of rotatable bonds is 4. The fourth-order valence-corrected chi connectivity index (χ4v) is 6.68. The van der Waals surface area contributed by atoms with Crippen molar-refractivity contribution in [1.82, 2.24) is 0 Å². The Hall–Kier alpha value is -2.13. The smallest absolute Gasteiger partial charge is 0.231 e. The first-order valence-corrected chi connectivity index (χ1v) is 9.92. The first kappa shape index (κ1) is 17.0. The number of amides is 1. The highest BCUT2D eigenvalue weighted by molar-refractivity contribution is 6.31. The number of benzene rings is 2. The lowest BCUT2D eigenvalue weighted by molar-refractivity contribution is -0.326. The minimum atomic E-state index is -0.256. The number of hydrogen-bond acceptors (Lipinski definition) is 2. The molecule has 0 aliphatic heterocycles. The Balaban J connectivity index is 1.47. The zero-order chi connectivity index (χ0) is 19.0. The van der Waals surface area contributed by atoms with Crippen molar-refractivity contribution < 1.29 is 9.59 Å². The predicted octanol–water partition coefficient (Wildman–Crippen LogP) is 5.34. The van der Waals surface area contributed by atoms with Gasteiger partial charge in [0.2, 0.25) is 5.91 Å². The van der Waals surface area contributed by atoms with Gasteiger partial charge in [0.1, 0.15) is 0 Å². The van der Waals surface area contributed by atoms with Crippen LogP contribution >= 0.6 is 11.6 Å². The molecule has 3 nitrogen and oxygen atoms in total. The second-order valence-electron chi connectivity index (χ2n) is 8.83. The van der Waals surface area contributed by atoms with E-state index in [2.05, 4.69) is 19.2 Å². The Morgan fingerprint density at radius 3 is 2.48 bits per heavy atom. The van der Waals surface area contributed by atoms with Crippen molar-refractivity contribution in [3.05, 3.63) is 64.7 Å². The molecule has 4 heteroatoms. The quantitative estimate of drug-likeness (QED) is 0.729. The maximum atomic E-state index is 13.3. The van der Waals surface area contributed by atoms with Crippen molar-refractivity contribution in [3.8, 4) is 0 Å². The molecule has 4 bridgehead atoms. The third kappa shape index (κ3) is 1.84. The molecule has 0 heterocycles. The molecule has 27 heavy (non-hydrogen) atoms. The summed E-state index contributed by atoms with van der Waals surface area (Å²) in [5.41, 5.74) is 1.75. The van der Waals surface area contributed by atoms with Crippen molar-refractivity contribution in [3.63, 3.8) is 0 Å². The number of fused-ring (bicyclic) bond motifs is 1. The highest BCUT2D eigenvalue weighted by Crippen LogP contribution is 2.93. The Morgan fingerprint density at radius 1 is 1.11 bits per heavy atom. The maximum Gasteiger partial charge on any atom is 0.231 e. The minimum Gasteiger partial charge on any atom is -0.325 e. The van der Waals surface area contributed by atoms with Crippen molar-refractivity contribution in [2.75, 3.05) is 5.32 Å². The highest BCUT2D eigenvalue weighted by atomic mass is 35.5. The molecular weight excluding hydrogens is 358 g/mol. The van der Waals surface area contributed by atoms with E-state index >= 15 is 0 Å². The van der Waals surface area contributed by atoms with Crippen LogP contribution in [0.2, 0.25) is 5.02 Å². The van der Waals surface area contributed by atoms with Crippen LogP contribution in [0.5, 0.6) is 0 Å². The van der Waals surface area contributed by atoms with E-state index < -0.39 is 0 Å². The van der Waals surface area contributed by atoms with Gasteiger partial charge in [-0.1, -0.05) is 55.8 Å². The standard InChI is InChI=1S/C23H22ClNO2/c1-21-13-23(18(21)10-11-22(21,23)2)20(27)25-17-9-8-15(24)12-16(17)19(26)14-6-4-3-5-7-14/h3-9,12,18H,10-11,13H2,1-2H3,(H,25,27)/t18-,21?,22+,23?/m0/s1. The summed E-state index contributed by atoms with van der Waals surface area (Å²) in [5, 5.41) is 3.58. The molecule has 0 radical (unpaired) electrons. The largest absolute Gasteiger partial charge is 0.325 e. The first-order valence-electron chi connectivity index (χ1n) is 9.54. The Morgan fingerprint density at radius 2 is 1.85 bits per heavy atom. The van der Waals surface area contributed by atoms with Gasteiger partial charge in [0, 0.05) is 16.1 Å². The Labute approximate surface area is 164 Å². The minimum absolute atomic E-state index is 0.0701. The van der Waals surface area contributed by atoms with Crippen LogP contribution in [0.4, 0.5) is 5.69 Å². The summed E-state index contributed by atoms with van der Waals surface area (Å²) in [5.74, 6) is 0.420. The molecule has 5 aliphatic rings. The summed E-state index contributed by atoms with van der Waals surface area (Å²) in [6, 6.07) is 14.2. The van der Waals surface area contributed by atoms with E-state index in [9.17, 15) is 9.59 Å². The number of halogens is 1. The summed E-state index contributed by atoms with van der Waals surface area (Å²) < 4.78 is 0. The van der Waals surface area contributed by atoms with Crippen LogP contribution in [-0.2, 0) is 4.79 Å². The van der Waals surface area contributed by atoms with Gasteiger partial charge in [0.05, 0.1) is 11.1 Å². The van der Waals surface area contributed by atoms with Crippen LogP contribution in [0.1, 0.15) is 49.0 Å². The molecule has 4 atom stereocenters. The molecule has 0 saturated heterocycles. The molecule has 0 aromatic heterocycles. The van der Waals surface area contributed by atoms with Crippen LogP contribution < -0.4 is 5.32 Å². The van der Waals surface area contributed by atoms with Crippen molar-refractivity contribution in [1.29, 1.82) is 0 Å². The zero-order valence-corrected chi connectivity index (χ0v) is 16.3. The fourth-order valence-electron chi connectivity index (χ4n) is 6.51. The summed E-state index contributed by atoms with van der Waals surface area (Å²) in [6.07, 6.45) is 3.22. The number of nitrogens with one attached hydrogen (secondary N) is 1. The van der Waals surface area contributed by atoms with Gasteiger partial charge < -0.3 is 5.32 Å². The monoisotopic (exact) mass is 379 g/mol. The second-order valence-corrected chi connectivity index (χ2v) is 9.26. The molecule has 5 aliphatic carbocycles. The van der Waals surface area contributed by atoms with Crippen LogP contribution in [0.25, 0.3) is 0 Å². The SMILES string of the molecule is CC12CC3(C(=O)Nc4ccc(Cl)cc4C(=O)c4ccccc4)[C@H]1CC[C@]23C. The summed E-state index contributed by atoms with van der Waals surface area (Å²) >= 11 is 6.15. The number of anilines is 1. The van der Waals surface area contributed by atoms with E-state index in [1.165, 1.54) is 0 Å². The Kier molecular flexibility index (Phi) is 3.29. The van der Waals surface area contributed by atoms with Crippen molar-refractivity contribution in [2.45, 2.75) is 33.1 Å². The van der Waals surface area contributed by atoms with Gasteiger partial charge in [0.15, 0.2) is 5.78 Å². The van der Waals surface area contributed by atoms with Gasteiger partial charge in [-0.05, 0) is 54.2 Å². The number of ketones is 1. The van der Waals surface area contributed by atoms with E-state index in [1.54, 1.807) is 30.3 Å². The second kappa shape index (κ2) is 5.23. The number of carbonyl (C=O) groups is 2. The highest BCUT2D eigenvalue weighted by Gasteiger charge is 2.91. The van der Waals surface area contributed by atoms with Crippen molar-refractivity contribution in [2.24, 2.45) is 22.2 Å². The molecule has 0 spiro atoms.